The number of hydrogen-bond acceptors (Lipinski definition) is 3. The van der Waals surface area contributed by atoms with Gasteiger partial charge in [0.2, 0.25) is 0 Å². The van der Waals surface area contributed by atoms with Gasteiger partial charge in [-0.3, -0.25) is 4.79 Å². The van der Waals surface area contributed by atoms with Gasteiger partial charge in [0.1, 0.15) is 5.75 Å². The number of nitrogens with two attached hydrogens (primary N) is 2. The first kappa shape index (κ1) is 14.5. The van der Waals surface area contributed by atoms with Crippen molar-refractivity contribution in [3.8, 4) is 5.75 Å². The Hall–Kier alpha value is -1.55. The van der Waals surface area contributed by atoms with Crippen LogP contribution in [0.4, 0.5) is 0 Å². The molecular weight excluding hydrogens is 228 g/mol. The molecule has 0 saturated carbocycles. The average molecular weight is 250 g/mol. The molecule has 0 fully saturated rings. The van der Waals surface area contributed by atoms with E-state index in [-0.39, 0.29) is 0 Å². The predicted molar refractivity (Wildman–Crippen MR) is 72.3 cm³/mol. The quantitative estimate of drug-likeness (QED) is 0.771. The van der Waals surface area contributed by atoms with Crippen LogP contribution in [0, 0.1) is 0 Å². The topological polar surface area (TPSA) is 78.3 Å². The minimum absolute atomic E-state index is 0.418. The second-order valence-electron chi connectivity index (χ2n) is 4.35. The van der Waals surface area contributed by atoms with Crippen molar-refractivity contribution >= 4 is 5.91 Å². The number of primary amides is 1. The zero-order chi connectivity index (χ0) is 13.6. The maximum atomic E-state index is 11.5. The van der Waals surface area contributed by atoms with E-state index in [1.807, 2.05) is 38.1 Å². The van der Waals surface area contributed by atoms with Crippen molar-refractivity contribution in [1.82, 2.24) is 0 Å². The Kier molecular flexibility index (Phi) is 5.16. The molecule has 4 N–H and O–H groups in total. The van der Waals surface area contributed by atoms with E-state index in [1.54, 1.807) is 0 Å². The summed E-state index contributed by atoms with van der Waals surface area (Å²) in [5, 5.41) is 0. The van der Waals surface area contributed by atoms with E-state index in [0.717, 1.165) is 12.0 Å². The number of ether oxygens (including phenoxy) is 1. The normalized spacial score (nSPS) is 11.3. The lowest BCUT2D eigenvalue weighted by Crippen LogP contribution is -2.48. The van der Waals surface area contributed by atoms with Crippen molar-refractivity contribution in [1.29, 1.82) is 0 Å². The molecule has 4 heteroatoms. The van der Waals surface area contributed by atoms with E-state index in [1.165, 1.54) is 0 Å². The van der Waals surface area contributed by atoms with E-state index in [4.69, 9.17) is 16.2 Å². The number of amides is 1. The Balaban J connectivity index is 2.84. The summed E-state index contributed by atoms with van der Waals surface area (Å²) in [6, 6.07) is 7.63. The highest BCUT2D eigenvalue weighted by atomic mass is 16.5. The molecule has 1 amide bonds. The fraction of sp³-hybridized carbons (Fsp3) is 0.500. The Bertz CT molecular complexity index is 383. The molecule has 1 aromatic rings. The van der Waals surface area contributed by atoms with E-state index < -0.39 is 11.5 Å². The fourth-order valence-corrected chi connectivity index (χ4v) is 1.91. The van der Waals surface area contributed by atoms with Gasteiger partial charge in [0.15, 0.2) is 5.60 Å². The molecule has 1 rings (SSSR count). The number of carbonyl (C=O) groups excluding carboxylic acids is 1. The summed E-state index contributed by atoms with van der Waals surface area (Å²) in [4.78, 5) is 11.5. The molecule has 4 nitrogen and oxygen atoms in total. The molecule has 0 atom stereocenters. The third-order valence-electron chi connectivity index (χ3n) is 3.26. The summed E-state index contributed by atoms with van der Waals surface area (Å²) in [6.45, 7) is 4.42. The summed E-state index contributed by atoms with van der Waals surface area (Å²) < 4.78 is 5.79. The Morgan fingerprint density at radius 3 is 2.17 bits per heavy atom. The number of carbonyl (C=O) groups is 1. The second kappa shape index (κ2) is 6.40. The van der Waals surface area contributed by atoms with Crippen LogP contribution in [-0.2, 0) is 11.2 Å². The maximum Gasteiger partial charge on any atom is 0.261 e. The lowest BCUT2D eigenvalue weighted by molar-refractivity contribution is -0.134. The van der Waals surface area contributed by atoms with Gasteiger partial charge in [-0.15, -0.1) is 0 Å². The molecule has 0 aliphatic rings. The zero-order valence-corrected chi connectivity index (χ0v) is 11.1. The van der Waals surface area contributed by atoms with Gasteiger partial charge in [-0.25, -0.2) is 0 Å². The monoisotopic (exact) mass is 250 g/mol. The summed E-state index contributed by atoms with van der Waals surface area (Å²) in [5.41, 5.74) is 11.2. The van der Waals surface area contributed by atoms with Crippen molar-refractivity contribution in [2.75, 3.05) is 6.54 Å². The Labute approximate surface area is 108 Å². The molecule has 18 heavy (non-hydrogen) atoms. The summed E-state index contributed by atoms with van der Waals surface area (Å²) in [6.07, 6.45) is 1.95. The first-order valence-electron chi connectivity index (χ1n) is 6.36. The van der Waals surface area contributed by atoms with E-state index in [0.29, 0.717) is 25.1 Å². The van der Waals surface area contributed by atoms with Crippen molar-refractivity contribution < 1.29 is 9.53 Å². The predicted octanol–water partition coefficient (Wildman–Crippen LogP) is 1.61. The first-order chi connectivity index (χ1) is 8.57. The minimum atomic E-state index is -0.907. The number of rotatable bonds is 7. The largest absolute Gasteiger partial charge is 0.477 e. The summed E-state index contributed by atoms with van der Waals surface area (Å²) in [5.74, 6) is 0.247. The molecular formula is C14H22N2O2. The third kappa shape index (κ3) is 3.23. The van der Waals surface area contributed by atoms with E-state index >= 15 is 0 Å². The first-order valence-corrected chi connectivity index (χ1v) is 6.36. The molecule has 0 unspecified atom stereocenters. The molecule has 100 valence electrons. The van der Waals surface area contributed by atoms with Gasteiger partial charge in [-0.2, -0.15) is 0 Å². The molecule has 0 saturated heterocycles. The van der Waals surface area contributed by atoms with Gasteiger partial charge in [-0.05, 0) is 43.5 Å². The van der Waals surface area contributed by atoms with Crippen molar-refractivity contribution in [2.45, 2.75) is 38.7 Å². The highest BCUT2D eigenvalue weighted by Crippen LogP contribution is 2.24. The van der Waals surface area contributed by atoms with Gasteiger partial charge in [0.05, 0.1) is 0 Å². The average Bonchev–Trinajstić information content (AvgIpc) is 2.38. The van der Waals surface area contributed by atoms with Gasteiger partial charge >= 0.3 is 0 Å². The van der Waals surface area contributed by atoms with E-state index in [9.17, 15) is 4.79 Å². The zero-order valence-electron chi connectivity index (χ0n) is 11.1. The van der Waals surface area contributed by atoms with Gasteiger partial charge < -0.3 is 16.2 Å². The lowest BCUT2D eigenvalue weighted by Gasteiger charge is -2.29. The number of hydrogen-bond donors (Lipinski definition) is 2. The molecule has 0 aromatic heterocycles. The molecule has 0 spiro atoms. The summed E-state index contributed by atoms with van der Waals surface area (Å²) in [7, 11) is 0. The van der Waals surface area contributed by atoms with Crippen LogP contribution in [0.1, 0.15) is 32.3 Å². The Morgan fingerprint density at radius 1 is 1.22 bits per heavy atom. The van der Waals surface area contributed by atoms with Crippen LogP contribution >= 0.6 is 0 Å². The third-order valence-corrected chi connectivity index (χ3v) is 3.26. The van der Waals surface area contributed by atoms with Crippen LogP contribution in [0.25, 0.3) is 0 Å². The minimum Gasteiger partial charge on any atom is -0.477 e. The van der Waals surface area contributed by atoms with Crippen LogP contribution in [0.2, 0.25) is 0 Å². The molecule has 0 bridgehead atoms. The Morgan fingerprint density at radius 2 is 1.78 bits per heavy atom. The highest BCUT2D eigenvalue weighted by molar-refractivity contribution is 5.83. The van der Waals surface area contributed by atoms with Gasteiger partial charge in [0, 0.05) is 0 Å². The standard InChI is InChI=1S/C14H22N2O2/c1-3-14(4-2,13(16)17)18-12-7-5-11(6-8-12)9-10-15/h5-8H,3-4,9-10,15H2,1-2H3,(H2,16,17). The number of benzene rings is 1. The van der Waals surface area contributed by atoms with Crippen molar-refractivity contribution in [2.24, 2.45) is 11.5 Å². The van der Waals surface area contributed by atoms with Crippen molar-refractivity contribution in [3.63, 3.8) is 0 Å². The van der Waals surface area contributed by atoms with Crippen LogP contribution in [0.3, 0.4) is 0 Å². The second-order valence-corrected chi connectivity index (χ2v) is 4.35. The molecule has 0 aliphatic carbocycles. The lowest BCUT2D eigenvalue weighted by atomic mass is 9.96. The van der Waals surface area contributed by atoms with Crippen molar-refractivity contribution in [3.05, 3.63) is 29.8 Å². The maximum absolute atomic E-state index is 11.5. The molecule has 0 aliphatic heterocycles. The molecule has 1 aromatic carbocycles. The van der Waals surface area contributed by atoms with Crippen LogP contribution in [0.5, 0.6) is 5.75 Å². The molecule has 0 radical (unpaired) electrons. The van der Waals surface area contributed by atoms with E-state index in [2.05, 4.69) is 0 Å². The smallest absolute Gasteiger partial charge is 0.261 e. The fourth-order valence-electron chi connectivity index (χ4n) is 1.91. The van der Waals surface area contributed by atoms with Gasteiger partial charge in [0.25, 0.3) is 5.91 Å². The summed E-state index contributed by atoms with van der Waals surface area (Å²) >= 11 is 0. The van der Waals surface area contributed by atoms with Crippen LogP contribution in [-0.4, -0.2) is 18.1 Å². The SMILES string of the molecule is CCC(CC)(Oc1ccc(CCN)cc1)C(N)=O. The van der Waals surface area contributed by atoms with Crippen LogP contribution < -0.4 is 16.2 Å². The highest BCUT2D eigenvalue weighted by Gasteiger charge is 2.35. The van der Waals surface area contributed by atoms with Gasteiger partial charge in [-0.1, -0.05) is 26.0 Å². The molecule has 0 heterocycles. The van der Waals surface area contributed by atoms with Crippen LogP contribution in [0.15, 0.2) is 24.3 Å².